The molecule has 1 aromatic rings. The first-order valence-corrected chi connectivity index (χ1v) is 7.32. The molecule has 0 saturated carbocycles. The van der Waals surface area contributed by atoms with Gasteiger partial charge in [-0.25, -0.2) is 0 Å². The lowest BCUT2D eigenvalue weighted by Crippen LogP contribution is -2.42. The van der Waals surface area contributed by atoms with Gasteiger partial charge in [-0.15, -0.1) is 0 Å². The van der Waals surface area contributed by atoms with Crippen molar-refractivity contribution in [3.05, 3.63) is 23.8 Å². The van der Waals surface area contributed by atoms with E-state index in [0.29, 0.717) is 30.2 Å². The van der Waals surface area contributed by atoms with E-state index >= 15 is 0 Å². The van der Waals surface area contributed by atoms with Crippen molar-refractivity contribution in [1.29, 1.82) is 0 Å². The van der Waals surface area contributed by atoms with Crippen LogP contribution in [-0.2, 0) is 4.74 Å². The maximum Gasteiger partial charge on any atom is 0.258 e. The van der Waals surface area contributed by atoms with Crippen molar-refractivity contribution < 1.29 is 14.3 Å². The van der Waals surface area contributed by atoms with Crippen molar-refractivity contribution in [2.45, 2.75) is 32.7 Å². The Hall–Kier alpha value is -1.75. The Bertz CT molecular complexity index is 459. The Balaban J connectivity index is 3.12. The molecule has 2 N–H and O–H groups in total. The van der Waals surface area contributed by atoms with Gasteiger partial charge in [0, 0.05) is 19.7 Å². The van der Waals surface area contributed by atoms with Crippen molar-refractivity contribution in [3.63, 3.8) is 0 Å². The molecule has 0 aromatic heterocycles. The number of nitrogens with zero attached hydrogens (tertiary/aromatic N) is 1. The fraction of sp³-hybridized carbons (Fsp3) is 0.562. The van der Waals surface area contributed by atoms with E-state index in [1.165, 1.54) is 7.11 Å². The Kier molecular flexibility index (Phi) is 7.02. The van der Waals surface area contributed by atoms with Crippen LogP contribution >= 0.6 is 0 Å². The van der Waals surface area contributed by atoms with Crippen molar-refractivity contribution in [2.75, 3.05) is 33.1 Å². The second-order valence-electron chi connectivity index (χ2n) is 4.89. The molecule has 0 fully saturated rings. The summed E-state index contributed by atoms with van der Waals surface area (Å²) in [6.45, 7) is 5.22. The molecule has 0 aliphatic rings. The van der Waals surface area contributed by atoms with E-state index in [2.05, 4.69) is 13.8 Å². The molecule has 0 unspecified atom stereocenters. The van der Waals surface area contributed by atoms with Crippen LogP contribution in [0.4, 0.5) is 5.69 Å². The summed E-state index contributed by atoms with van der Waals surface area (Å²) in [6.07, 6.45) is 1.80. The number of carbonyl (C=O) groups is 1. The van der Waals surface area contributed by atoms with Gasteiger partial charge in [-0.3, -0.25) is 4.79 Å². The zero-order chi connectivity index (χ0) is 15.8. The fourth-order valence-electron chi connectivity index (χ4n) is 2.47. The number of nitrogens with two attached hydrogens (primary N) is 1. The highest BCUT2D eigenvalue weighted by molar-refractivity contribution is 5.98. The standard InChI is InChI=1S/C16H26N2O3/c1-5-12(6-2)18(10-11-20-3)16(19)13-8-7-9-14(17)15(13)21-4/h7-9,12H,5-6,10-11,17H2,1-4H3. The van der Waals surface area contributed by atoms with Crippen molar-refractivity contribution >= 4 is 11.6 Å². The Morgan fingerprint density at radius 3 is 2.48 bits per heavy atom. The van der Waals surface area contributed by atoms with Gasteiger partial charge in [0.15, 0.2) is 5.75 Å². The van der Waals surface area contributed by atoms with Crippen LogP contribution in [0, 0.1) is 0 Å². The molecule has 0 heterocycles. The number of rotatable bonds is 8. The highest BCUT2D eigenvalue weighted by Crippen LogP contribution is 2.28. The number of para-hydroxylation sites is 1. The van der Waals surface area contributed by atoms with Gasteiger partial charge in [0.2, 0.25) is 0 Å². The van der Waals surface area contributed by atoms with Gasteiger partial charge in [0.1, 0.15) is 0 Å². The molecule has 0 radical (unpaired) electrons. The van der Waals surface area contributed by atoms with Crippen LogP contribution in [0.2, 0.25) is 0 Å². The molecule has 0 aliphatic carbocycles. The highest BCUT2D eigenvalue weighted by atomic mass is 16.5. The molecule has 1 rings (SSSR count). The number of anilines is 1. The number of hydrogen-bond donors (Lipinski definition) is 1. The minimum atomic E-state index is -0.0649. The van der Waals surface area contributed by atoms with E-state index in [1.807, 2.05) is 4.90 Å². The monoisotopic (exact) mass is 294 g/mol. The summed E-state index contributed by atoms with van der Waals surface area (Å²) >= 11 is 0. The first kappa shape index (κ1) is 17.3. The lowest BCUT2D eigenvalue weighted by Gasteiger charge is -2.31. The first-order chi connectivity index (χ1) is 10.1. The zero-order valence-corrected chi connectivity index (χ0v) is 13.4. The number of methoxy groups -OCH3 is 2. The Labute approximate surface area is 127 Å². The van der Waals surface area contributed by atoms with Crippen molar-refractivity contribution in [2.24, 2.45) is 0 Å². The summed E-state index contributed by atoms with van der Waals surface area (Å²) in [4.78, 5) is 14.7. The van der Waals surface area contributed by atoms with Crippen molar-refractivity contribution in [3.8, 4) is 5.75 Å². The number of benzene rings is 1. The second kappa shape index (κ2) is 8.52. The average Bonchev–Trinajstić information content (AvgIpc) is 2.50. The van der Waals surface area contributed by atoms with Crippen LogP contribution in [0.15, 0.2) is 18.2 Å². The fourth-order valence-corrected chi connectivity index (χ4v) is 2.47. The van der Waals surface area contributed by atoms with Crippen LogP contribution in [0.3, 0.4) is 0 Å². The molecule has 0 saturated heterocycles. The quantitative estimate of drug-likeness (QED) is 0.748. The van der Waals surface area contributed by atoms with E-state index in [1.54, 1.807) is 25.3 Å². The molecule has 0 bridgehead atoms. The molecule has 118 valence electrons. The van der Waals surface area contributed by atoms with E-state index in [4.69, 9.17) is 15.2 Å². The maximum absolute atomic E-state index is 12.9. The highest BCUT2D eigenvalue weighted by Gasteiger charge is 2.25. The first-order valence-electron chi connectivity index (χ1n) is 7.32. The third kappa shape index (κ3) is 4.11. The van der Waals surface area contributed by atoms with Crippen molar-refractivity contribution in [1.82, 2.24) is 4.90 Å². The van der Waals surface area contributed by atoms with E-state index in [0.717, 1.165) is 12.8 Å². The van der Waals surface area contributed by atoms with Gasteiger partial charge < -0.3 is 20.1 Å². The number of amides is 1. The van der Waals surface area contributed by atoms with Crippen LogP contribution < -0.4 is 10.5 Å². The van der Waals surface area contributed by atoms with Crippen LogP contribution in [0.25, 0.3) is 0 Å². The normalized spacial score (nSPS) is 10.7. The van der Waals surface area contributed by atoms with Gasteiger partial charge in [0.25, 0.3) is 5.91 Å². The smallest absolute Gasteiger partial charge is 0.258 e. The molecule has 0 spiro atoms. The van der Waals surface area contributed by atoms with Gasteiger partial charge in [-0.05, 0) is 25.0 Å². The summed E-state index contributed by atoms with van der Waals surface area (Å²) < 4.78 is 10.4. The second-order valence-corrected chi connectivity index (χ2v) is 4.89. The van der Waals surface area contributed by atoms with E-state index < -0.39 is 0 Å². The zero-order valence-electron chi connectivity index (χ0n) is 13.4. The van der Waals surface area contributed by atoms with E-state index in [-0.39, 0.29) is 11.9 Å². The topological polar surface area (TPSA) is 64.8 Å². The van der Waals surface area contributed by atoms with Crippen LogP contribution in [0.1, 0.15) is 37.0 Å². The number of carbonyl (C=O) groups excluding carboxylic acids is 1. The largest absolute Gasteiger partial charge is 0.494 e. The van der Waals surface area contributed by atoms with E-state index in [9.17, 15) is 4.79 Å². The number of hydrogen-bond acceptors (Lipinski definition) is 4. The summed E-state index contributed by atoms with van der Waals surface area (Å²) in [6, 6.07) is 5.43. The lowest BCUT2D eigenvalue weighted by atomic mass is 10.1. The molecular weight excluding hydrogens is 268 g/mol. The molecular formula is C16H26N2O3. The summed E-state index contributed by atoms with van der Waals surface area (Å²) in [7, 11) is 3.16. The molecule has 5 heteroatoms. The Morgan fingerprint density at radius 1 is 1.29 bits per heavy atom. The summed E-state index contributed by atoms with van der Waals surface area (Å²) in [5.41, 5.74) is 6.86. The van der Waals surface area contributed by atoms with Gasteiger partial charge in [-0.2, -0.15) is 0 Å². The predicted octanol–water partition coefficient (Wildman–Crippen LogP) is 2.55. The lowest BCUT2D eigenvalue weighted by molar-refractivity contribution is 0.0586. The number of nitrogen functional groups attached to an aromatic ring is 1. The predicted molar refractivity (Wildman–Crippen MR) is 84.7 cm³/mol. The summed E-state index contributed by atoms with van der Waals surface area (Å²) in [5.74, 6) is 0.376. The Morgan fingerprint density at radius 2 is 1.95 bits per heavy atom. The average molecular weight is 294 g/mol. The third-order valence-corrected chi connectivity index (χ3v) is 3.66. The molecule has 0 aliphatic heterocycles. The molecule has 1 amide bonds. The minimum Gasteiger partial charge on any atom is -0.494 e. The maximum atomic E-state index is 12.9. The van der Waals surface area contributed by atoms with Crippen LogP contribution in [0.5, 0.6) is 5.75 Å². The molecule has 0 atom stereocenters. The minimum absolute atomic E-state index is 0.0649. The van der Waals surface area contributed by atoms with Gasteiger partial charge in [0.05, 0.1) is 25.0 Å². The molecule has 5 nitrogen and oxygen atoms in total. The molecule has 21 heavy (non-hydrogen) atoms. The third-order valence-electron chi connectivity index (χ3n) is 3.66. The molecule has 1 aromatic carbocycles. The van der Waals surface area contributed by atoms with Crippen LogP contribution in [-0.4, -0.2) is 44.2 Å². The SMILES string of the molecule is CCC(CC)N(CCOC)C(=O)c1cccc(N)c1OC. The summed E-state index contributed by atoms with van der Waals surface area (Å²) in [5, 5.41) is 0. The number of ether oxygens (including phenoxy) is 2. The van der Waals surface area contributed by atoms with Gasteiger partial charge in [-0.1, -0.05) is 19.9 Å². The van der Waals surface area contributed by atoms with Gasteiger partial charge >= 0.3 is 0 Å².